The summed E-state index contributed by atoms with van der Waals surface area (Å²) in [6, 6.07) is 0. The minimum Gasteiger partial charge on any atom is -0.379 e. The molecule has 0 heterocycles. The average molecular weight is 385 g/mol. The Kier molecular flexibility index (Phi) is 7.98. The van der Waals surface area contributed by atoms with Crippen molar-refractivity contribution in [3.8, 4) is 0 Å². The van der Waals surface area contributed by atoms with Crippen molar-refractivity contribution in [2.45, 2.75) is 38.0 Å². The van der Waals surface area contributed by atoms with Gasteiger partial charge in [0.2, 0.25) is 0 Å². The highest BCUT2D eigenvalue weighted by atomic mass is 32.2. The molecule has 0 aliphatic carbocycles. The second kappa shape index (κ2) is 9.24. The number of benzene rings is 1. The monoisotopic (exact) mass is 384 g/mol. The maximum absolute atomic E-state index is 7.45. The summed E-state index contributed by atoms with van der Waals surface area (Å²) in [6.07, 6.45) is 0. The molecule has 0 saturated carbocycles. The lowest BCUT2D eigenvalue weighted by Gasteiger charge is -2.22. The molecule has 0 aliphatic rings. The summed E-state index contributed by atoms with van der Waals surface area (Å²) in [6.45, 7) is 6.19. The first-order chi connectivity index (χ1) is 11.1. The Labute approximate surface area is 155 Å². The molecule has 1 aromatic carbocycles. The van der Waals surface area contributed by atoms with Crippen LogP contribution in [0, 0.1) is 37.0 Å². The third kappa shape index (κ3) is 5.64. The van der Waals surface area contributed by atoms with Gasteiger partial charge in [-0.2, -0.15) is 0 Å². The number of nitrogens with one attached hydrogen (secondary N) is 3. The number of nitrogens with two attached hydrogens (primary N) is 3. The predicted octanol–water partition coefficient (Wildman–Crippen LogP) is 2.99. The predicted molar refractivity (Wildman–Crippen MR) is 110 cm³/mol. The Morgan fingerprint density at radius 3 is 1.00 bits per heavy atom. The van der Waals surface area contributed by atoms with Crippen LogP contribution in [0.5, 0.6) is 0 Å². The molecule has 0 aromatic heterocycles. The summed E-state index contributed by atoms with van der Waals surface area (Å²) in [4.78, 5) is 0. The minimum absolute atomic E-state index is 0.0914. The number of hydrogen-bond donors (Lipinski definition) is 6. The second-order valence-electron chi connectivity index (χ2n) is 5.27. The first kappa shape index (κ1) is 20.7. The molecule has 0 saturated heterocycles. The Balaban J connectivity index is 3.36. The van der Waals surface area contributed by atoms with Gasteiger partial charge in [-0.15, -0.1) is 0 Å². The lowest BCUT2D eigenvalue weighted by atomic mass is 9.90. The summed E-state index contributed by atoms with van der Waals surface area (Å²) >= 11 is 3.90. The van der Waals surface area contributed by atoms with Gasteiger partial charge in [-0.1, -0.05) is 35.3 Å². The lowest BCUT2D eigenvalue weighted by Crippen LogP contribution is -2.11. The molecule has 0 radical (unpaired) electrons. The zero-order valence-electron chi connectivity index (χ0n) is 14.1. The smallest absolute Gasteiger partial charge is 0.151 e. The van der Waals surface area contributed by atoms with Crippen LogP contribution in [0.4, 0.5) is 0 Å². The lowest BCUT2D eigenvalue weighted by molar-refractivity contribution is 1.10. The summed E-state index contributed by atoms with van der Waals surface area (Å²) in [5.74, 6) is 1.88. The Hall–Kier alpha value is -1.32. The van der Waals surface area contributed by atoms with Crippen LogP contribution in [0.15, 0.2) is 0 Å². The molecular weight excluding hydrogens is 360 g/mol. The van der Waals surface area contributed by atoms with Gasteiger partial charge in [-0.05, 0) is 54.2 Å². The van der Waals surface area contributed by atoms with E-state index < -0.39 is 0 Å². The van der Waals surface area contributed by atoms with Gasteiger partial charge in [0.25, 0.3) is 0 Å². The summed E-state index contributed by atoms with van der Waals surface area (Å²) in [5.41, 5.74) is 23.4. The topological polar surface area (TPSA) is 150 Å². The van der Waals surface area contributed by atoms with Gasteiger partial charge in [0.05, 0.1) is 0 Å². The van der Waals surface area contributed by atoms with Gasteiger partial charge in [-0.3, -0.25) is 16.2 Å². The van der Waals surface area contributed by atoms with E-state index in [2.05, 4.69) is 20.8 Å². The van der Waals surface area contributed by atoms with E-state index in [4.69, 9.17) is 33.4 Å². The van der Waals surface area contributed by atoms with Crippen molar-refractivity contribution in [3.63, 3.8) is 0 Å². The van der Waals surface area contributed by atoms with Crippen LogP contribution < -0.4 is 17.2 Å². The molecular formula is C15H24N6S3. The molecule has 0 atom stereocenters. The molecule has 1 rings (SSSR count). The van der Waals surface area contributed by atoms with Crippen molar-refractivity contribution >= 4 is 50.8 Å². The van der Waals surface area contributed by atoms with Crippen molar-refractivity contribution in [1.29, 1.82) is 16.2 Å². The van der Waals surface area contributed by atoms with Gasteiger partial charge in [-0.25, -0.2) is 0 Å². The van der Waals surface area contributed by atoms with Gasteiger partial charge < -0.3 is 17.2 Å². The van der Waals surface area contributed by atoms with Crippen molar-refractivity contribution in [1.82, 2.24) is 0 Å². The second-order valence-corrected chi connectivity index (χ2v) is 8.32. The first-order valence-corrected chi connectivity index (χ1v) is 10.1. The zero-order valence-corrected chi connectivity index (χ0v) is 16.5. The zero-order chi connectivity index (χ0) is 18.4. The number of hydrogen-bond acceptors (Lipinski definition) is 6. The molecule has 0 unspecified atom stereocenters. The van der Waals surface area contributed by atoms with Gasteiger partial charge in [0.1, 0.15) is 0 Å². The molecule has 0 bridgehead atoms. The van der Waals surface area contributed by atoms with E-state index in [0.717, 1.165) is 33.4 Å². The fourth-order valence-corrected chi connectivity index (χ4v) is 4.69. The Morgan fingerprint density at radius 2 is 0.833 bits per heavy atom. The van der Waals surface area contributed by atoms with Crippen molar-refractivity contribution in [2.75, 3.05) is 0 Å². The van der Waals surface area contributed by atoms with Crippen molar-refractivity contribution in [3.05, 3.63) is 33.4 Å². The average Bonchev–Trinajstić information content (AvgIpc) is 2.45. The highest BCUT2D eigenvalue weighted by Crippen LogP contribution is 2.33. The molecule has 9 heteroatoms. The van der Waals surface area contributed by atoms with E-state index in [1.165, 1.54) is 35.3 Å². The molecule has 0 fully saturated rings. The highest BCUT2D eigenvalue weighted by molar-refractivity contribution is 8.13. The first-order valence-electron chi connectivity index (χ1n) is 7.16. The van der Waals surface area contributed by atoms with Crippen LogP contribution in [0.3, 0.4) is 0 Å². The van der Waals surface area contributed by atoms with E-state index >= 15 is 0 Å². The quantitative estimate of drug-likeness (QED) is 0.328. The van der Waals surface area contributed by atoms with E-state index in [1.807, 2.05) is 0 Å². The molecule has 9 N–H and O–H groups in total. The number of rotatable bonds is 6. The summed E-state index contributed by atoms with van der Waals surface area (Å²) in [7, 11) is 0. The van der Waals surface area contributed by atoms with Gasteiger partial charge in [0.15, 0.2) is 15.5 Å². The molecule has 0 spiro atoms. The molecule has 132 valence electrons. The molecule has 0 amide bonds. The number of thioether (sulfide) groups is 3. The standard InChI is InChI=1S/C15H24N6S3/c1-7-10(4-22-13(16)17)8(2)12(6-24-15(20)21)9(3)11(7)5-23-14(18)19/h4-6H2,1-3H3,(H3,16,17)(H3,18,19)(H3,20,21). The largest absolute Gasteiger partial charge is 0.379 e. The fourth-order valence-electron chi connectivity index (χ4n) is 2.49. The fraction of sp³-hybridized carbons (Fsp3) is 0.400. The van der Waals surface area contributed by atoms with Crippen LogP contribution in [0.2, 0.25) is 0 Å². The van der Waals surface area contributed by atoms with Crippen LogP contribution in [0.25, 0.3) is 0 Å². The van der Waals surface area contributed by atoms with E-state index in [1.54, 1.807) is 0 Å². The molecule has 24 heavy (non-hydrogen) atoms. The van der Waals surface area contributed by atoms with Gasteiger partial charge in [0, 0.05) is 17.3 Å². The van der Waals surface area contributed by atoms with Gasteiger partial charge >= 0.3 is 0 Å². The van der Waals surface area contributed by atoms with Crippen molar-refractivity contribution in [2.24, 2.45) is 17.2 Å². The molecule has 6 nitrogen and oxygen atoms in total. The van der Waals surface area contributed by atoms with E-state index in [-0.39, 0.29) is 15.5 Å². The maximum atomic E-state index is 7.45. The highest BCUT2D eigenvalue weighted by Gasteiger charge is 2.18. The molecule has 1 aromatic rings. The third-order valence-electron chi connectivity index (χ3n) is 3.83. The summed E-state index contributed by atoms with van der Waals surface area (Å²) < 4.78 is 0. The van der Waals surface area contributed by atoms with E-state index in [9.17, 15) is 0 Å². The van der Waals surface area contributed by atoms with Crippen LogP contribution in [-0.4, -0.2) is 15.5 Å². The van der Waals surface area contributed by atoms with Crippen LogP contribution in [-0.2, 0) is 17.3 Å². The Morgan fingerprint density at radius 1 is 0.625 bits per heavy atom. The van der Waals surface area contributed by atoms with Crippen molar-refractivity contribution < 1.29 is 0 Å². The van der Waals surface area contributed by atoms with E-state index in [0.29, 0.717) is 17.3 Å². The minimum atomic E-state index is 0.0914. The van der Waals surface area contributed by atoms with Crippen LogP contribution in [0.1, 0.15) is 33.4 Å². The maximum Gasteiger partial charge on any atom is 0.151 e. The normalized spacial score (nSPS) is 10.6. The van der Waals surface area contributed by atoms with Crippen LogP contribution >= 0.6 is 35.3 Å². The molecule has 0 aliphatic heterocycles. The Bertz CT molecular complexity index is 560. The SMILES string of the molecule is Cc1c(CSC(=N)N)c(C)c(CSC(=N)N)c(C)c1CSC(=N)N. The number of amidine groups is 3. The third-order valence-corrected chi connectivity index (χ3v) is 6.06. The summed E-state index contributed by atoms with van der Waals surface area (Å²) in [5, 5.41) is 22.6.